The Morgan fingerprint density at radius 1 is 0.690 bits per heavy atom. The van der Waals surface area contributed by atoms with Crippen LogP contribution in [0.15, 0.2) is 84.9 Å². The fraction of sp³-hybridized carbons (Fsp3) is 0.0435. The highest BCUT2D eigenvalue weighted by molar-refractivity contribution is 6.30. The molecule has 0 fully saturated rings. The summed E-state index contributed by atoms with van der Waals surface area (Å²) in [5.41, 5.74) is -2.00. The lowest BCUT2D eigenvalue weighted by atomic mass is 9.87. The predicted molar refractivity (Wildman–Crippen MR) is 102 cm³/mol. The maximum atomic E-state index is 13.3. The van der Waals surface area contributed by atoms with Crippen LogP contribution >= 0.6 is 0 Å². The maximum Gasteiger partial charge on any atom is 0.364 e. The highest BCUT2D eigenvalue weighted by atomic mass is 16.6. The van der Waals surface area contributed by atoms with E-state index in [9.17, 15) is 14.4 Å². The van der Waals surface area contributed by atoms with Gasteiger partial charge in [-0.25, -0.2) is 9.59 Å². The van der Waals surface area contributed by atoms with Crippen molar-refractivity contribution in [1.29, 1.82) is 0 Å². The third kappa shape index (κ3) is 3.41. The van der Waals surface area contributed by atoms with E-state index >= 15 is 0 Å². The van der Waals surface area contributed by atoms with Crippen molar-refractivity contribution in [3.8, 4) is 11.5 Å². The lowest BCUT2D eigenvalue weighted by molar-refractivity contribution is -0.168. The molecule has 0 N–H and O–H groups in total. The van der Waals surface area contributed by atoms with Gasteiger partial charge in [-0.15, -0.1) is 0 Å². The molecule has 3 aromatic carbocycles. The fourth-order valence-corrected chi connectivity index (χ4v) is 2.90. The zero-order chi connectivity index (χ0) is 20.3. The SMILES string of the molecule is O=C(Oc1ccccc1)C1(C(=O)Oc2ccccc2)O[CH]c2ccccc2C1=O. The third-order valence-electron chi connectivity index (χ3n) is 4.37. The van der Waals surface area contributed by atoms with E-state index in [1.807, 2.05) is 0 Å². The summed E-state index contributed by atoms with van der Waals surface area (Å²) in [6.07, 6.45) is 0. The monoisotopic (exact) mass is 387 g/mol. The van der Waals surface area contributed by atoms with Gasteiger partial charge in [0.2, 0.25) is 5.78 Å². The molecule has 0 aromatic heterocycles. The molecule has 0 amide bonds. The van der Waals surface area contributed by atoms with Gasteiger partial charge in [-0.3, -0.25) is 4.79 Å². The van der Waals surface area contributed by atoms with Gasteiger partial charge in [0.05, 0.1) is 0 Å². The summed E-state index contributed by atoms with van der Waals surface area (Å²) < 4.78 is 16.0. The molecule has 1 aliphatic rings. The third-order valence-corrected chi connectivity index (χ3v) is 4.37. The van der Waals surface area contributed by atoms with Crippen LogP contribution in [0, 0.1) is 6.61 Å². The average molecular weight is 387 g/mol. The molecule has 1 aliphatic heterocycles. The van der Waals surface area contributed by atoms with Crippen molar-refractivity contribution in [1.82, 2.24) is 0 Å². The number of carbonyl (C=O) groups is 3. The van der Waals surface area contributed by atoms with Crippen molar-refractivity contribution >= 4 is 17.7 Å². The summed E-state index contributed by atoms with van der Waals surface area (Å²) in [7, 11) is 0. The Morgan fingerprint density at radius 3 is 1.72 bits per heavy atom. The van der Waals surface area contributed by atoms with Gasteiger partial charge >= 0.3 is 17.5 Å². The van der Waals surface area contributed by atoms with Gasteiger partial charge in [0.25, 0.3) is 0 Å². The number of hydrogen-bond donors (Lipinski definition) is 0. The topological polar surface area (TPSA) is 78.9 Å². The predicted octanol–water partition coefficient (Wildman–Crippen LogP) is 3.36. The van der Waals surface area contributed by atoms with Crippen LogP contribution in [-0.2, 0) is 14.3 Å². The van der Waals surface area contributed by atoms with Crippen LogP contribution in [0.4, 0.5) is 0 Å². The van der Waals surface area contributed by atoms with E-state index in [0.717, 1.165) is 0 Å². The number of para-hydroxylation sites is 2. The Bertz CT molecular complexity index is 1010. The van der Waals surface area contributed by atoms with E-state index < -0.39 is 23.3 Å². The molecule has 0 spiro atoms. The number of hydrogen-bond acceptors (Lipinski definition) is 6. The molecule has 6 heteroatoms. The molecular weight excluding hydrogens is 372 g/mol. The van der Waals surface area contributed by atoms with Crippen molar-refractivity contribution in [2.45, 2.75) is 5.60 Å². The van der Waals surface area contributed by atoms with Crippen molar-refractivity contribution in [2.75, 3.05) is 0 Å². The minimum Gasteiger partial charge on any atom is -0.424 e. The minimum absolute atomic E-state index is 0.161. The molecule has 1 radical (unpaired) electrons. The van der Waals surface area contributed by atoms with Crippen LogP contribution in [0.1, 0.15) is 15.9 Å². The molecule has 0 bridgehead atoms. The Hall–Kier alpha value is -3.77. The Balaban J connectivity index is 1.74. The van der Waals surface area contributed by atoms with Gasteiger partial charge in [-0.1, -0.05) is 60.7 Å². The van der Waals surface area contributed by atoms with Gasteiger partial charge < -0.3 is 14.2 Å². The summed E-state index contributed by atoms with van der Waals surface area (Å²) in [5, 5.41) is 0. The van der Waals surface area contributed by atoms with Gasteiger partial charge in [0, 0.05) is 5.56 Å². The number of ether oxygens (including phenoxy) is 3. The summed E-state index contributed by atoms with van der Waals surface area (Å²) in [6, 6.07) is 22.7. The van der Waals surface area contributed by atoms with Crippen LogP contribution in [-0.4, -0.2) is 23.3 Å². The summed E-state index contributed by atoms with van der Waals surface area (Å²) in [4.78, 5) is 39.4. The molecule has 3 aromatic rings. The second kappa shape index (κ2) is 7.69. The van der Waals surface area contributed by atoms with Gasteiger partial charge in [0.15, 0.2) is 0 Å². The standard InChI is InChI=1S/C23H15O6/c24-20-19-14-8-7-9-16(19)15-27-23(20,21(25)28-17-10-3-1-4-11-17)22(26)29-18-12-5-2-6-13-18/h1-15H. The zero-order valence-corrected chi connectivity index (χ0v) is 15.1. The molecule has 6 nitrogen and oxygen atoms in total. The first-order valence-electron chi connectivity index (χ1n) is 8.81. The first kappa shape index (κ1) is 18.6. The van der Waals surface area contributed by atoms with Crippen LogP contribution in [0.5, 0.6) is 11.5 Å². The molecule has 0 saturated heterocycles. The van der Waals surface area contributed by atoms with E-state index in [1.165, 1.54) is 36.9 Å². The summed E-state index contributed by atoms with van der Waals surface area (Å²) in [5.74, 6) is -2.88. The summed E-state index contributed by atoms with van der Waals surface area (Å²) >= 11 is 0. The van der Waals surface area contributed by atoms with Crippen molar-refractivity contribution in [3.05, 3.63) is 103 Å². The van der Waals surface area contributed by atoms with Crippen molar-refractivity contribution < 1.29 is 28.6 Å². The largest absolute Gasteiger partial charge is 0.424 e. The number of rotatable bonds is 4. The molecule has 0 unspecified atom stereocenters. The number of fused-ring (bicyclic) bond motifs is 1. The van der Waals surface area contributed by atoms with E-state index in [2.05, 4.69) is 0 Å². The molecule has 1 heterocycles. The minimum atomic E-state index is -2.61. The van der Waals surface area contributed by atoms with Crippen LogP contribution in [0.25, 0.3) is 0 Å². The molecule has 4 rings (SSSR count). The van der Waals surface area contributed by atoms with Gasteiger partial charge in [-0.2, -0.15) is 0 Å². The number of benzene rings is 3. The Kier molecular flexibility index (Phi) is 4.93. The fourth-order valence-electron chi connectivity index (χ4n) is 2.90. The van der Waals surface area contributed by atoms with Crippen molar-refractivity contribution in [3.63, 3.8) is 0 Å². The summed E-state index contributed by atoms with van der Waals surface area (Å²) in [6.45, 7) is 1.19. The van der Waals surface area contributed by atoms with E-state index in [0.29, 0.717) is 5.56 Å². The lowest BCUT2D eigenvalue weighted by Crippen LogP contribution is -2.60. The maximum absolute atomic E-state index is 13.3. The Labute approximate surface area is 166 Å². The first-order chi connectivity index (χ1) is 14.1. The lowest BCUT2D eigenvalue weighted by Gasteiger charge is -2.31. The zero-order valence-electron chi connectivity index (χ0n) is 15.1. The molecule has 0 atom stereocenters. The first-order valence-corrected chi connectivity index (χ1v) is 8.81. The molecule has 143 valence electrons. The number of carbonyl (C=O) groups excluding carboxylic acids is 3. The smallest absolute Gasteiger partial charge is 0.364 e. The van der Waals surface area contributed by atoms with Crippen molar-refractivity contribution in [2.24, 2.45) is 0 Å². The van der Waals surface area contributed by atoms with Crippen LogP contribution in [0.3, 0.4) is 0 Å². The Morgan fingerprint density at radius 2 is 1.17 bits per heavy atom. The quantitative estimate of drug-likeness (QED) is 0.388. The number of ketones is 1. The highest BCUT2D eigenvalue weighted by Gasteiger charge is 2.60. The second-order valence-electron chi connectivity index (χ2n) is 6.24. The van der Waals surface area contributed by atoms with E-state index in [1.54, 1.807) is 54.6 Å². The molecule has 29 heavy (non-hydrogen) atoms. The van der Waals surface area contributed by atoms with E-state index in [4.69, 9.17) is 14.2 Å². The van der Waals surface area contributed by atoms with Crippen LogP contribution in [0.2, 0.25) is 0 Å². The number of Topliss-reactive ketones (excluding diaryl/α,β-unsaturated/α-hetero) is 1. The molecule has 0 aliphatic carbocycles. The van der Waals surface area contributed by atoms with Gasteiger partial charge in [-0.05, 0) is 29.8 Å². The molecule has 0 saturated carbocycles. The van der Waals surface area contributed by atoms with Gasteiger partial charge in [0.1, 0.15) is 18.1 Å². The average Bonchev–Trinajstić information content (AvgIpc) is 2.75. The highest BCUT2D eigenvalue weighted by Crippen LogP contribution is 2.33. The number of esters is 2. The molecular formula is C23H15O6. The van der Waals surface area contributed by atoms with Crippen LogP contribution < -0.4 is 9.47 Å². The van der Waals surface area contributed by atoms with E-state index in [-0.39, 0.29) is 17.1 Å². The second-order valence-corrected chi connectivity index (χ2v) is 6.24. The normalized spacial score (nSPS) is 14.6.